The first kappa shape index (κ1) is 18.5. The molecule has 26 heavy (non-hydrogen) atoms. The summed E-state index contributed by atoms with van der Waals surface area (Å²) in [6, 6.07) is 17.5. The van der Waals surface area contributed by atoms with Gasteiger partial charge >= 0.3 is 0 Å². The van der Waals surface area contributed by atoms with Crippen molar-refractivity contribution < 1.29 is 8.42 Å². The molecule has 0 fully saturated rings. The summed E-state index contributed by atoms with van der Waals surface area (Å²) in [6.07, 6.45) is 0. The molecule has 0 bridgehead atoms. The molecule has 0 aliphatic carbocycles. The van der Waals surface area contributed by atoms with Crippen LogP contribution in [-0.4, -0.2) is 8.42 Å². The molecule has 2 aromatic carbocycles. The molecule has 2 aromatic rings. The molecule has 0 amide bonds. The number of nitrogens with one attached hydrogen (secondary N) is 2. The smallest absolute Gasteiger partial charge is 0.261 e. The van der Waals surface area contributed by atoms with E-state index in [9.17, 15) is 8.42 Å². The predicted octanol–water partition coefficient (Wildman–Crippen LogP) is 3.03. The van der Waals surface area contributed by atoms with Gasteiger partial charge in [-0.1, -0.05) is 12.1 Å². The van der Waals surface area contributed by atoms with Gasteiger partial charge in [0.05, 0.1) is 4.90 Å². The fourth-order valence-corrected chi connectivity index (χ4v) is 3.12. The number of nitrogens with zero attached hydrogens (tertiary/aromatic N) is 3. The van der Waals surface area contributed by atoms with E-state index in [1.807, 2.05) is 13.0 Å². The van der Waals surface area contributed by atoms with Crippen LogP contribution in [0.3, 0.4) is 0 Å². The standard InChI is InChI=1S/C18H13N5O2S/c1-13-3-2-4-16(9-13)23-26(24,25)17-7-5-15(6-8-17)22-18(12-21)14(10-19)11-20/h2-9,22-23H,1H3. The first-order valence-electron chi connectivity index (χ1n) is 7.31. The van der Waals surface area contributed by atoms with Crippen LogP contribution in [0.5, 0.6) is 0 Å². The van der Waals surface area contributed by atoms with Crippen molar-refractivity contribution in [2.75, 3.05) is 10.0 Å². The molecular weight excluding hydrogens is 350 g/mol. The largest absolute Gasteiger partial charge is 0.345 e. The van der Waals surface area contributed by atoms with Crippen molar-refractivity contribution in [3.63, 3.8) is 0 Å². The van der Waals surface area contributed by atoms with Crippen LogP contribution in [-0.2, 0) is 10.0 Å². The van der Waals surface area contributed by atoms with Gasteiger partial charge in [-0.25, -0.2) is 8.42 Å². The number of hydrogen-bond acceptors (Lipinski definition) is 6. The van der Waals surface area contributed by atoms with Crippen molar-refractivity contribution in [3.8, 4) is 18.2 Å². The maximum absolute atomic E-state index is 12.4. The molecule has 0 aliphatic rings. The summed E-state index contributed by atoms with van der Waals surface area (Å²) in [5.41, 5.74) is 1.19. The van der Waals surface area contributed by atoms with Crippen LogP contribution >= 0.6 is 0 Å². The Bertz CT molecular complexity index is 1070. The van der Waals surface area contributed by atoms with Crippen LogP contribution in [0.25, 0.3) is 0 Å². The lowest BCUT2D eigenvalue weighted by Crippen LogP contribution is -2.13. The van der Waals surface area contributed by atoms with Gasteiger partial charge in [0, 0.05) is 11.4 Å². The minimum atomic E-state index is -3.77. The lowest BCUT2D eigenvalue weighted by atomic mass is 10.2. The number of rotatable bonds is 5. The molecule has 0 saturated carbocycles. The van der Waals surface area contributed by atoms with Gasteiger partial charge in [-0.15, -0.1) is 0 Å². The van der Waals surface area contributed by atoms with E-state index in [1.54, 1.807) is 36.4 Å². The van der Waals surface area contributed by atoms with Crippen LogP contribution in [0.2, 0.25) is 0 Å². The quantitative estimate of drug-likeness (QED) is 0.785. The van der Waals surface area contributed by atoms with Crippen molar-refractivity contribution in [3.05, 3.63) is 65.4 Å². The van der Waals surface area contributed by atoms with Gasteiger partial charge in [0.1, 0.15) is 23.9 Å². The van der Waals surface area contributed by atoms with Crippen LogP contribution in [0.15, 0.2) is 64.7 Å². The molecule has 0 saturated heterocycles. The second-order valence-corrected chi connectivity index (χ2v) is 6.89. The molecule has 0 aromatic heterocycles. The van der Waals surface area contributed by atoms with Gasteiger partial charge in [0.2, 0.25) is 0 Å². The summed E-state index contributed by atoms with van der Waals surface area (Å²) in [4.78, 5) is 0.0350. The highest BCUT2D eigenvalue weighted by molar-refractivity contribution is 7.92. The Balaban J connectivity index is 2.24. The molecule has 0 heterocycles. The molecule has 2 rings (SSSR count). The molecule has 0 atom stereocenters. The summed E-state index contributed by atoms with van der Waals surface area (Å²) < 4.78 is 27.3. The lowest BCUT2D eigenvalue weighted by Gasteiger charge is -2.10. The van der Waals surface area contributed by atoms with E-state index in [0.717, 1.165) is 5.56 Å². The average Bonchev–Trinajstić information content (AvgIpc) is 2.62. The molecule has 7 nitrogen and oxygen atoms in total. The Morgan fingerprint density at radius 2 is 1.58 bits per heavy atom. The monoisotopic (exact) mass is 363 g/mol. The SMILES string of the molecule is Cc1cccc(NS(=O)(=O)c2ccc(NC(C#N)=C(C#N)C#N)cc2)c1. The minimum absolute atomic E-state index is 0.0350. The van der Waals surface area contributed by atoms with Crippen molar-refractivity contribution in [1.82, 2.24) is 0 Å². The van der Waals surface area contributed by atoms with E-state index in [-0.39, 0.29) is 16.2 Å². The summed E-state index contributed by atoms with van der Waals surface area (Å²) in [5, 5.41) is 29.3. The highest BCUT2D eigenvalue weighted by Gasteiger charge is 2.14. The molecular formula is C18H13N5O2S. The van der Waals surface area contributed by atoms with E-state index in [2.05, 4.69) is 10.0 Å². The minimum Gasteiger partial charge on any atom is -0.345 e. The van der Waals surface area contributed by atoms with Gasteiger partial charge < -0.3 is 5.32 Å². The highest BCUT2D eigenvalue weighted by Crippen LogP contribution is 2.20. The Hall–Kier alpha value is -3.80. The Morgan fingerprint density at radius 3 is 2.12 bits per heavy atom. The zero-order chi connectivity index (χ0) is 19.2. The summed E-state index contributed by atoms with van der Waals surface area (Å²) in [6.45, 7) is 1.86. The normalized spacial score (nSPS) is 9.92. The molecule has 2 N–H and O–H groups in total. The van der Waals surface area contributed by atoms with E-state index in [4.69, 9.17) is 15.8 Å². The molecule has 0 aliphatic heterocycles. The fraction of sp³-hybridized carbons (Fsp3) is 0.0556. The number of aryl methyl sites for hydroxylation is 1. The van der Waals surface area contributed by atoms with Crippen LogP contribution in [0.4, 0.5) is 11.4 Å². The summed E-state index contributed by atoms with van der Waals surface area (Å²) in [5.74, 6) is 0. The number of hydrogen-bond donors (Lipinski definition) is 2. The molecule has 0 radical (unpaired) electrons. The van der Waals surface area contributed by atoms with Gasteiger partial charge in [-0.05, 0) is 48.9 Å². The van der Waals surface area contributed by atoms with Crippen molar-refractivity contribution in [2.24, 2.45) is 0 Å². The van der Waals surface area contributed by atoms with Gasteiger partial charge in [-0.2, -0.15) is 15.8 Å². The average molecular weight is 363 g/mol. The zero-order valence-corrected chi connectivity index (χ0v) is 14.5. The number of anilines is 2. The zero-order valence-electron chi connectivity index (χ0n) is 13.7. The topological polar surface area (TPSA) is 130 Å². The molecule has 128 valence electrons. The molecule has 8 heteroatoms. The Kier molecular flexibility index (Phi) is 5.60. The third-order valence-electron chi connectivity index (χ3n) is 3.29. The van der Waals surface area contributed by atoms with E-state index in [0.29, 0.717) is 11.4 Å². The predicted molar refractivity (Wildman–Crippen MR) is 95.9 cm³/mol. The second-order valence-electron chi connectivity index (χ2n) is 5.21. The number of allylic oxidation sites excluding steroid dienone is 2. The third kappa shape index (κ3) is 4.39. The van der Waals surface area contributed by atoms with Crippen LogP contribution < -0.4 is 10.0 Å². The number of nitriles is 3. The van der Waals surface area contributed by atoms with Crippen LogP contribution in [0.1, 0.15) is 5.56 Å². The van der Waals surface area contributed by atoms with E-state index >= 15 is 0 Å². The fourth-order valence-electron chi connectivity index (χ4n) is 2.07. The Labute approximate surface area is 151 Å². The van der Waals surface area contributed by atoms with E-state index < -0.39 is 10.0 Å². The van der Waals surface area contributed by atoms with Crippen molar-refractivity contribution >= 4 is 21.4 Å². The van der Waals surface area contributed by atoms with Crippen molar-refractivity contribution in [1.29, 1.82) is 15.8 Å². The first-order chi connectivity index (χ1) is 12.4. The van der Waals surface area contributed by atoms with E-state index in [1.165, 1.54) is 24.3 Å². The molecule has 0 unspecified atom stereocenters. The lowest BCUT2D eigenvalue weighted by molar-refractivity contribution is 0.601. The van der Waals surface area contributed by atoms with Gasteiger partial charge in [0.15, 0.2) is 5.57 Å². The first-order valence-corrected chi connectivity index (χ1v) is 8.79. The van der Waals surface area contributed by atoms with Gasteiger partial charge in [-0.3, -0.25) is 4.72 Å². The Morgan fingerprint density at radius 1 is 0.923 bits per heavy atom. The van der Waals surface area contributed by atoms with Crippen LogP contribution in [0, 0.1) is 40.9 Å². The second kappa shape index (κ2) is 7.85. The van der Waals surface area contributed by atoms with Gasteiger partial charge in [0.25, 0.3) is 10.0 Å². The number of sulfonamides is 1. The number of benzene rings is 2. The maximum Gasteiger partial charge on any atom is 0.261 e. The summed E-state index contributed by atoms with van der Waals surface area (Å²) in [7, 11) is -3.77. The molecule has 0 spiro atoms. The van der Waals surface area contributed by atoms with Crippen molar-refractivity contribution in [2.45, 2.75) is 11.8 Å². The highest BCUT2D eigenvalue weighted by atomic mass is 32.2. The summed E-state index contributed by atoms with van der Waals surface area (Å²) >= 11 is 0. The third-order valence-corrected chi connectivity index (χ3v) is 4.69. The maximum atomic E-state index is 12.4.